The maximum Gasteiger partial charge on any atom is 0.327 e. The Kier molecular flexibility index (Phi) is 5.98. The Balaban J connectivity index is 2.74. The van der Waals surface area contributed by atoms with Crippen molar-refractivity contribution >= 4 is 50.6 Å². The average Bonchev–Trinajstić information content (AvgIpc) is 2.57. The summed E-state index contributed by atoms with van der Waals surface area (Å²) in [4.78, 5) is 21.5. The maximum atomic E-state index is 13.2. The van der Waals surface area contributed by atoms with E-state index in [2.05, 4.69) is 0 Å². The lowest BCUT2D eigenvalue weighted by Gasteiger charge is -2.29. The van der Waals surface area contributed by atoms with Gasteiger partial charge in [-0.3, -0.25) is 14.4 Å². The number of sulfonamides is 1. The normalized spacial score (nSPS) is 12.4. The molecule has 2 rings (SSSR count). The van der Waals surface area contributed by atoms with Gasteiger partial charge in [-0.05, 0) is 43.7 Å². The number of aliphatic carboxylic acids is 1. The highest BCUT2D eigenvalue weighted by Gasteiger charge is 2.36. The molecular formula is C16H14Cl2N2O6S. The number of carbonyl (C=O) groups is 1. The third kappa shape index (κ3) is 4.15. The predicted molar refractivity (Wildman–Crippen MR) is 101 cm³/mol. The van der Waals surface area contributed by atoms with Gasteiger partial charge in [0, 0.05) is 17.2 Å². The highest BCUT2D eigenvalue weighted by molar-refractivity contribution is 7.93. The minimum absolute atomic E-state index is 0.0217. The van der Waals surface area contributed by atoms with Crippen LogP contribution in [0, 0.1) is 17.0 Å². The lowest BCUT2D eigenvalue weighted by Crippen LogP contribution is -2.43. The number of benzene rings is 2. The number of halogens is 2. The molecule has 0 aromatic heterocycles. The van der Waals surface area contributed by atoms with E-state index in [1.165, 1.54) is 32.0 Å². The molecular weight excluding hydrogens is 419 g/mol. The molecule has 0 spiro atoms. The number of nitro benzene ring substituents is 1. The van der Waals surface area contributed by atoms with Crippen molar-refractivity contribution in [3.8, 4) is 0 Å². The van der Waals surface area contributed by atoms with Crippen LogP contribution in [0.4, 0.5) is 11.4 Å². The number of carboxylic acids is 1. The zero-order valence-electron chi connectivity index (χ0n) is 14.1. The van der Waals surface area contributed by atoms with Crippen molar-refractivity contribution in [1.82, 2.24) is 0 Å². The second-order valence-electron chi connectivity index (χ2n) is 5.62. The summed E-state index contributed by atoms with van der Waals surface area (Å²) in [5.74, 6) is -1.41. The van der Waals surface area contributed by atoms with Crippen molar-refractivity contribution in [3.05, 3.63) is 62.1 Å². The molecule has 2 aromatic rings. The molecule has 0 fully saturated rings. The molecule has 0 aliphatic rings. The SMILES string of the molecule is Cc1cc([N+](=O)[O-])ccc1N(C(C)C(=O)O)S(=O)(=O)c1cc(Cl)ccc1Cl. The van der Waals surface area contributed by atoms with Gasteiger partial charge in [-0.1, -0.05) is 23.2 Å². The number of nitro groups is 1. The molecule has 0 saturated carbocycles. The second-order valence-corrected chi connectivity index (χ2v) is 8.24. The summed E-state index contributed by atoms with van der Waals surface area (Å²) in [5.41, 5.74) is -0.0667. The first kappa shape index (κ1) is 20.9. The first-order valence-corrected chi connectivity index (χ1v) is 9.63. The summed E-state index contributed by atoms with van der Waals surface area (Å²) < 4.78 is 27.1. The molecule has 11 heteroatoms. The van der Waals surface area contributed by atoms with Crippen molar-refractivity contribution < 1.29 is 23.2 Å². The first-order chi connectivity index (χ1) is 12.5. The van der Waals surface area contributed by atoms with Crippen LogP contribution in [0.25, 0.3) is 0 Å². The van der Waals surface area contributed by atoms with E-state index in [9.17, 15) is 28.4 Å². The summed E-state index contributed by atoms with van der Waals surface area (Å²) in [5, 5.41) is 20.3. The second kappa shape index (κ2) is 7.71. The monoisotopic (exact) mass is 432 g/mol. The molecule has 0 aliphatic carbocycles. The van der Waals surface area contributed by atoms with E-state index in [0.717, 1.165) is 18.2 Å². The van der Waals surface area contributed by atoms with Crippen molar-refractivity contribution in [2.45, 2.75) is 24.8 Å². The minimum atomic E-state index is -4.44. The van der Waals surface area contributed by atoms with Crippen LogP contribution in [0.2, 0.25) is 10.0 Å². The van der Waals surface area contributed by atoms with E-state index in [0.29, 0.717) is 4.31 Å². The highest BCUT2D eigenvalue weighted by atomic mass is 35.5. The number of carboxylic acid groups (broad SMARTS) is 1. The van der Waals surface area contributed by atoms with Crippen LogP contribution in [-0.4, -0.2) is 30.5 Å². The number of nitrogens with zero attached hydrogens (tertiary/aromatic N) is 2. The first-order valence-electron chi connectivity index (χ1n) is 7.44. The van der Waals surface area contributed by atoms with Gasteiger partial charge in [-0.25, -0.2) is 13.2 Å². The molecule has 1 atom stereocenters. The summed E-state index contributed by atoms with van der Waals surface area (Å²) in [6.45, 7) is 2.62. The smallest absolute Gasteiger partial charge is 0.327 e. The van der Waals surface area contributed by atoms with Crippen molar-refractivity contribution in [1.29, 1.82) is 0 Å². The van der Waals surface area contributed by atoms with Gasteiger partial charge in [-0.15, -0.1) is 0 Å². The Bertz CT molecular complexity index is 1030. The summed E-state index contributed by atoms with van der Waals surface area (Å²) in [6.07, 6.45) is 0. The van der Waals surface area contributed by atoms with Crippen LogP contribution in [0.3, 0.4) is 0 Å². The summed E-state index contributed by atoms with van der Waals surface area (Å²) in [7, 11) is -4.44. The highest BCUT2D eigenvalue weighted by Crippen LogP contribution is 2.34. The number of anilines is 1. The van der Waals surface area contributed by atoms with Gasteiger partial charge < -0.3 is 5.11 Å². The van der Waals surface area contributed by atoms with Crippen LogP contribution in [0.1, 0.15) is 12.5 Å². The molecule has 0 saturated heterocycles. The van der Waals surface area contributed by atoms with Crippen LogP contribution in [0.5, 0.6) is 0 Å². The molecule has 27 heavy (non-hydrogen) atoms. The molecule has 0 aliphatic heterocycles. The quantitative estimate of drug-likeness (QED) is 0.546. The largest absolute Gasteiger partial charge is 0.480 e. The van der Waals surface area contributed by atoms with E-state index in [-0.39, 0.29) is 31.9 Å². The molecule has 1 N–H and O–H groups in total. The molecule has 1 unspecified atom stereocenters. The van der Waals surface area contributed by atoms with Crippen LogP contribution in [-0.2, 0) is 14.8 Å². The Morgan fingerprint density at radius 1 is 1.22 bits per heavy atom. The standard InChI is InChI=1S/C16H14Cl2N2O6S/c1-9-7-12(20(23)24)4-6-14(9)19(10(2)16(21)22)27(25,26)15-8-11(17)3-5-13(15)18/h3-8,10H,1-2H3,(H,21,22). The fourth-order valence-corrected chi connectivity index (χ4v) is 4.85. The zero-order chi connectivity index (χ0) is 20.5. The molecule has 0 amide bonds. The van der Waals surface area contributed by atoms with E-state index < -0.39 is 27.0 Å². The van der Waals surface area contributed by atoms with Gasteiger partial charge >= 0.3 is 5.97 Å². The van der Waals surface area contributed by atoms with Gasteiger partial charge in [0.25, 0.3) is 15.7 Å². The number of aryl methyl sites for hydroxylation is 1. The van der Waals surface area contributed by atoms with E-state index in [1.807, 2.05) is 0 Å². The van der Waals surface area contributed by atoms with Crippen molar-refractivity contribution in [3.63, 3.8) is 0 Å². The number of hydrogen-bond acceptors (Lipinski definition) is 5. The lowest BCUT2D eigenvalue weighted by molar-refractivity contribution is -0.384. The number of non-ortho nitro benzene ring substituents is 1. The zero-order valence-corrected chi connectivity index (χ0v) is 16.4. The third-order valence-electron chi connectivity index (χ3n) is 3.77. The third-order valence-corrected chi connectivity index (χ3v) is 6.37. The number of rotatable bonds is 6. The van der Waals surface area contributed by atoms with E-state index in [4.69, 9.17) is 23.2 Å². The fourth-order valence-electron chi connectivity index (χ4n) is 2.43. The summed E-state index contributed by atoms with van der Waals surface area (Å²) >= 11 is 11.9. The molecule has 0 bridgehead atoms. The van der Waals surface area contributed by atoms with Crippen molar-refractivity contribution in [2.75, 3.05) is 4.31 Å². The van der Waals surface area contributed by atoms with Gasteiger partial charge in [0.1, 0.15) is 10.9 Å². The van der Waals surface area contributed by atoms with Crippen LogP contribution >= 0.6 is 23.2 Å². The Labute approximate surface area is 165 Å². The predicted octanol–water partition coefficient (Wildman–Crippen LogP) is 3.88. The number of hydrogen-bond donors (Lipinski definition) is 1. The summed E-state index contributed by atoms with van der Waals surface area (Å²) in [6, 6.07) is 5.72. The maximum absolute atomic E-state index is 13.2. The van der Waals surface area contributed by atoms with Crippen molar-refractivity contribution in [2.24, 2.45) is 0 Å². The van der Waals surface area contributed by atoms with Gasteiger partial charge in [0.05, 0.1) is 15.6 Å². The molecule has 0 radical (unpaired) electrons. The van der Waals surface area contributed by atoms with E-state index in [1.54, 1.807) is 0 Å². The molecule has 0 heterocycles. The van der Waals surface area contributed by atoms with E-state index >= 15 is 0 Å². The van der Waals surface area contributed by atoms with Gasteiger partial charge in [-0.2, -0.15) is 0 Å². The van der Waals surface area contributed by atoms with Gasteiger partial charge in [0.15, 0.2) is 0 Å². The fraction of sp³-hybridized carbons (Fsp3) is 0.188. The minimum Gasteiger partial charge on any atom is -0.480 e. The average molecular weight is 433 g/mol. The molecule has 8 nitrogen and oxygen atoms in total. The van der Waals surface area contributed by atoms with Crippen LogP contribution in [0.15, 0.2) is 41.3 Å². The van der Waals surface area contributed by atoms with Crippen LogP contribution < -0.4 is 4.31 Å². The Morgan fingerprint density at radius 3 is 2.37 bits per heavy atom. The Morgan fingerprint density at radius 2 is 1.85 bits per heavy atom. The molecule has 2 aromatic carbocycles. The topological polar surface area (TPSA) is 118 Å². The lowest BCUT2D eigenvalue weighted by atomic mass is 10.1. The Hall–Kier alpha value is -2.36. The van der Waals surface area contributed by atoms with Gasteiger partial charge in [0.2, 0.25) is 0 Å². The molecule has 144 valence electrons.